The Kier molecular flexibility index (Phi) is 3.51. The zero-order chi connectivity index (χ0) is 11.4. The van der Waals surface area contributed by atoms with E-state index in [1.54, 1.807) is 0 Å². The van der Waals surface area contributed by atoms with Gasteiger partial charge in [-0.25, -0.2) is 4.79 Å². The summed E-state index contributed by atoms with van der Waals surface area (Å²) in [5, 5.41) is 26.9. The lowest BCUT2D eigenvalue weighted by Gasteiger charge is -2.10. The number of phenolic OH excluding ortho intramolecular Hbond substituents is 1. The van der Waals surface area contributed by atoms with E-state index in [4.69, 9.17) is 14.9 Å². The van der Waals surface area contributed by atoms with Gasteiger partial charge < -0.3 is 20.1 Å². The Labute approximate surface area is 86.5 Å². The Morgan fingerprint density at radius 2 is 2.20 bits per heavy atom. The van der Waals surface area contributed by atoms with Gasteiger partial charge in [-0.1, -0.05) is 0 Å². The molecular formula is C10H12O5. The van der Waals surface area contributed by atoms with E-state index in [1.165, 1.54) is 25.3 Å². The third-order valence-corrected chi connectivity index (χ3v) is 1.96. The van der Waals surface area contributed by atoms with Gasteiger partial charge in [0.05, 0.1) is 7.11 Å². The number of carboxylic acid groups (broad SMARTS) is 1. The number of aromatic hydroxyl groups is 1. The van der Waals surface area contributed by atoms with Crippen LogP contribution in [-0.4, -0.2) is 34.5 Å². The molecule has 3 N–H and O–H groups in total. The molecule has 5 nitrogen and oxygen atoms in total. The van der Waals surface area contributed by atoms with Crippen LogP contribution in [0.25, 0.3) is 0 Å². The predicted molar refractivity (Wildman–Crippen MR) is 52.0 cm³/mol. The first-order chi connectivity index (χ1) is 7.04. The number of ether oxygens (including phenoxy) is 1. The van der Waals surface area contributed by atoms with E-state index in [9.17, 15) is 9.90 Å². The fourth-order valence-corrected chi connectivity index (χ4v) is 1.22. The lowest BCUT2D eigenvalue weighted by Crippen LogP contribution is -2.22. The second kappa shape index (κ2) is 4.65. The first-order valence-corrected chi connectivity index (χ1v) is 4.31. The first kappa shape index (κ1) is 11.3. The number of carboxylic acids is 1. The number of hydrogen-bond donors (Lipinski definition) is 3. The maximum atomic E-state index is 10.4. The maximum Gasteiger partial charge on any atom is 0.332 e. The van der Waals surface area contributed by atoms with Crippen LogP contribution in [0, 0.1) is 0 Å². The SMILES string of the molecule is COc1ccc(O)cc1CC(O)C(=O)O. The summed E-state index contributed by atoms with van der Waals surface area (Å²) >= 11 is 0. The van der Waals surface area contributed by atoms with Crippen LogP contribution in [0.1, 0.15) is 5.56 Å². The van der Waals surface area contributed by atoms with Crippen LogP contribution in [0.5, 0.6) is 11.5 Å². The van der Waals surface area contributed by atoms with E-state index in [2.05, 4.69) is 0 Å². The minimum Gasteiger partial charge on any atom is -0.508 e. The highest BCUT2D eigenvalue weighted by Crippen LogP contribution is 2.24. The molecule has 15 heavy (non-hydrogen) atoms. The summed E-state index contributed by atoms with van der Waals surface area (Å²) in [6.45, 7) is 0. The van der Waals surface area contributed by atoms with E-state index >= 15 is 0 Å². The maximum absolute atomic E-state index is 10.4. The van der Waals surface area contributed by atoms with Crippen LogP contribution in [-0.2, 0) is 11.2 Å². The molecule has 0 aliphatic heterocycles. The van der Waals surface area contributed by atoms with Gasteiger partial charge in [0.15, 0.2) is 6.10 Å². The smallest absolute Gasteiger partial charge is 0.332 e. The van der Waals surface area contributed by atoms with Gasteiger partial charge in [0.25, 0.3) is 0 Å². The van der Waals surface area contributed by atoms with Gasteiger partial charge in [0, 0.05) is 12.0 Å². The number of aliphatic hydroxyl groups excluding tert-OH is 1. The van der Waals surface area contributed by atoms with Crippen molar-refractivity contribution in [1.82, 2.24) is 0 Å². The van der Waals surface area contributed by atoms with Gasteiger partial charge in [-0.2, -0.15) is 0 Å². The number of hydrogen-bond acceptors (Lipinski definition) is 4. The van der Waals surface area contributed by atoms with Crippen molar-refractivity contribution in [2.45, 2.75) is 12.5 Å². The van der Waals surface area contributed by atoms with E-state index < -0.39 is 12.1 Å². The molecule has 1 atom stereocenters. The highest BCUT2D eigenvalue weighted by molar-refractivity contribution is 5.72. The fourth-order valence-electron chi connectivity index (χ4n) is 1.22. The van der Waals surface area contributed by atoms with Crippen LogP contribution < -0.4 is 4.74 Å². The summed E-state index contributed by atoms with van der Waals surface area (Å²) < 4.78 is 4.97. The Morgan fingerprint density at radius 1 is 1.53 bits per heavy atom. The number of aliphatic carboxylic acids is 1. The van der Waals surface area contributed by atoms with E-state index in [1.807, 2.05) is 0 Å². The average Bonchev–Trinajstić information content (AvgIpc) is 2.18. The van der Waals surface area contributed by atoms with Crippen LogP contribution >= 0.6 is 0 Å². The van der Waals surface area contributed by atoms with Crippen molar-refractivity contribution in [3.8, 4) is 11.5 Å². The molecule has 1 rings (SSSR count). The summed E-state index contributed by atoms with van der Waals surface area (Å²) in [6.07, 6.45) is -1.60. The molecule has 5 heteroatoms. The average molecular weight is 212 g/mol. The topological polar surface area (TPSA) is 87.0 Å². The fraction of sp³-hybridized carbons (Fsp3) is 0.300. The summed E-state index contributed by atoms with van der Waals surface area (Å²) in [4.78, 5) is 10.4. The van der Waals surface area contributed by atoms with Crippen molar-refractivity contribution in [1.29, 1.82) is 0 Å². The number of phenols is 1. The second-order valence-electron chi connectivity index (χ2n) is 3.05. The summed E-state index contributed by atoms with van der Waals surface area (Å²) in [6, 6.07) is 4.31. The van der Waals surface area contributed by atoms with Crippen molar-refractivity contribution in [3.05, 3.63) is 23.8 Å². The van der Waals surface area contributed by atoms with Crippen molar-refractivity contribution >= 4 is 5.97 Å². The number of benzene rings is 1. The van der Waals surface area contributed by atoms with Gasteiger partial charge in [0.1, 0.15) is 11.5 Å². The Bertz CT molecular complexity index is 361. The molecule has 1 aromatic carbocycles. The summed E-state index contributed by atoms with van der Waals surface area (Å²) in [7, 11) is 1.43. The van der Waals surface area contributed by atoms with E-state index in [-0.39, 0.29) is 12.2 Å². The zero-order valence-corrected chi connectivity index (χ0v) is 8.17. The molecule has 0 radical (unpaired) electrons. The first-order valence-electron chi connectivity index (χ1n) is 4.31. The molecule has 0 spiro atoms. The summed E-state index contributed by atoms with van der Waals surface area (Å²) in [5.74, 6) is -0.864. The van der Waals surface area contributed by atoms with Crippen molar-refractivity contribution < 1.29 is 24.9 Å². The van der Waals surface area contributed by atoms with Crippen molar-refractivity contribution in [2.75, 3.05) is 7.11 Å². The number of carbonyl (C=O) groups is 1. The van der Waals surface area contributed by atoms with Crippen LogP contribution in [0.3, 0.4) is 0 Å². The molecule has 0 bridgehead atoms. The molecule has 0 aromatic heterocycles. The van der Waals surface area contributed by atoms with Gasteiger partial charge in [-0.05, 0) is 18.2 Å². The number of methoxy groups -OCH3 is 1. The zero-order valence-electron chi connectivity index (χ0n) is 8.17. The third kappa shape index (κ3) is 2.85. The molecule has 1 unspecified atom stereocenters. The van der Waals surface area contributed by atoms with Crippen molar-refractivity contribution in [3.63, 3.8) is 0 Å². The molecule has 0 saturated carbocycles. The van der Waals surface area contributed by atoms with Crippen LogP contribution in [0.2, 0.25) is 0 Å². The molecular weight excluding hydrogens is 200 g/mol. The molecule has 82 valence electrons. The van der Waals surface area contributed by atoms with Gasteiger partial charge in [-0.3, -0.25) is 0 Å². The Balaban J connectivity index is 2.91. The van der Waals surface area contributed by atoms with Gasteiger partial charge >= 0.3 is 5.97 Å². The van der Waals surface area contributed by atoms with Crippen LogP contribution in [0.15, 0.2) is 18.2 Å². The molecule has 1 aromatic rings. The van der Waals surface area contributed by atoms with E-state index in [0.29, 0.717) is 11.3 Å². The largest absolute Gasteiger partial charge is 0.508 e. The van der Waals surface area contributed by atoms with Crippen LogP contribution in [0.4, 0.5) is 0 Å². The number of rotatable bonds is 4. The monoisotopic (exact) mass is 212 g/mol. The lowest BCUT2D eigenvalue weighted by atomic mass is 10.1. The minimum absolute atomic E-state index is 0.00314. The molecule has 0 amide bonds. The molecule has 0 aliphatic rings. The Hall–Kier alpha value is -1.75. The quantitative estimate of drug-likeness (QED) is 0.672. The highest BCUT2D eigenvalue weighted by Gasteiger charge is 2.16. The second-order valence-corrected chi connectivity index (χ2v) is 3.05. The highest BCUT2D eigenvalue weighted by atomic mass is 16.5. The van der Waals surface area contributed by atoms with Crippen molar-refractivity contribution in [2.24, 2.45) is 0 Å². The standard InChI is InChI=1S/C10H12O5/c1-15-9-3-2-7(11)4-6(9)5-8(12)10(13)14/h2-4,8,11-12H,5H2,1H3,(H,13,14). The predicted octanol–water partition coefficient (Wildman–Crippen LogP) is 0.389. The third-order valence-electron chi connectivity index (χ3n) is 1.96. The molecule has 0 saturated heterocycles. The molecule has 0 aliphatic carbocycles. The van der Waals surface area contributed by atoms with Gasteiger partial charge in [-0.15, -0.1) is 0 Å². The summed E-state index contributed by atoms with van der Waals surface area (Å²) in [5.41, 5.74) is 0.451. The number of aliphatic hydroxyl groups is 1. The van der Waals surface area contributed by atoms with E-state index in [0.717, 1.165) is 0 Å². The molecule has 0 fully saturated rings. The van der Waals surface area contributed by atoms with Gasteiger partial charge in [0.2, 0.25) is 0 Å². The lowest BCUT2D eigenvalue weighted by molar-refractivity contribution is -0.146. The molecule has 0 heterocycles. The normalized spacial score (nSPS) is 12.1. The minimum atomic E-state index is -1.50. The Morgan fingerprint density at radius 3 is 2.73 bits per heavy atom.